The SMILES string of the molecule is COc1cc(CNc2nc3ccccc3s2)c2cc3[n+](cc2c1O)CCc1cc2c(cc1-3)OCO2. The van der Waals surface area contributed by atoms with E-state index < -0.39 is 0 Å². The number of phenols is 1. The third kappa shape index (κ3) is 3.24. The molecule has 174 valence electrons. The van der Waals surface area contributed by atoms with Crippen LogP contribution in [0.3, 0.4) is 0 Å². The van der Waals surface area contributed by atoms with Crippen LogP contribution in [-0.4, -0.2) is 24.0 Å². The first-order chi connectivity index (χ1) is 17.2. The normalized spacial score (nSPS) is 13.6. The minimum absolute atomic E-state index is 0.151. The lowest BCUT2D eigenvalue weighted by molar-refractivity contribution is -0.686. The van der Waals surface area contributed by atoms with Crippen LogP contribution >= 0.6 is 11.3 Å². The predicted octanol–water partition coefficient (Wildman–Crippen LogP) is 5.02. The van der Waals surface area contributed by atoms with E-state index in [1.807, 2.05) is 30.5 Å². The lowest BCUT2D eigenvalue weighted by atomic mass is 9.94. The van der Waals surface area contributed by atoms with Crippen molar-refractivity contribution in [1.29, 1.82) is 0 Å². The highest BCUT2D eigenvalue weighted by atomic mass is 32.1. The van der Waals surface area contributed by atoms with Crippen LogP contribution in [0, 0.1) is 0 Å². The number of aromatic hydroxyl groups is 1. The maximum absolute atomic E-state index is 11.0. The number of benzene rings is 3. The molecule has 7 nitrogen and oxygen atoms in total. The summed E-state index contributed by atoms with van der Waals surface area (Å²) in [5, 5.41) is 17.0. The Balaban J connectivity index is 1.35. The third-order valence-electron chi connectivity index (χ3n) is 6.75. The smallest absolute Gasteiger partial charge is 0.231 e. The molecule has 0 bridgehead atoms. The van der Waals surface area contributed by atoms with Crippen LogP contribution in [-0.2, 0) is 19.5 Å². The topological polar surface area (TPSA) is 76.7 Å². The van der Waals surface area contributed by atoms with Gasteiger partial charge in [-0.15, -0.1) is 0 Å². The predicted molar refractivity (Wildman–Crippen MR) is 135 cm³/mol. The second-order valence-corrected chi connectivity index (χ2v) is 9.75. The van der Waals surface area contributed by atoms with E-state index in [4.69, 9.17) is 19.2 Å². The molecule has 35 heavy (non-hydrogen) atoms. The van der Waals surface area contributed by atoms with E-state index in [2.05, 4.69) is 34.1 Å². The Hall–Kier alpha value is -4.04. The van der Waals surface area contributed by atoms with Crippen molar-refractivity contribution < 1.29 is 23.9 Å². The second kappa shape index (κ2) is 7.74. The molecule has 2 N–H and O–H groups in total. The summed E-state index contributed by atoms with van der Waals surface area (Å²) in [4.78, 5) is 4.70. The van der Waals surface area contributed by atoms with Crippen molar-refractivity contribution in [3.05, 3.63) is 65.9 Å². The molecule has 2 aromatic heterocycles. The number of ether oxygens (including phenoxy) is 3. The number of nitrogens with zero attached hydrogens (tertiary/aromatic N) is 2. The quantitative estimate of drug-likeness (QED) is 0.349. The Morgan fingerprint density at radius 3 is 2.83 bits per heavy atom. The number of fused-ring (bicyclic) bond motifs is 6. The summed E-state index contributed by atoms with van der Waals surface area (Å²) in [7, 11) is 1.58. The van der Waals surface area contributed by atoms with Crippen molar-refractivity contribution in [3.63, 3.8) is 0 Å². The number of para-hydroxylation sites is 1. The molecule has 3 aromatic carbocycles. The minimum atomic E-state index is 0.151. The molecule has 0 spiro atoms. The highest BCUT2D eigenvalue weighted by molar-refractivity contribution is 7.22. The molecule has 0 aliphatic carbocycles. The van der Waals surface area contributed by atoms with Crippen LogP contribution in [0.5, 0.6) is 23.0 Å². The summed E-state index contributed by atoms with van der Waals surface area (Å²) in [6, 6.07) is 16.3. The van der Waals surface area contributed by atoms with Gasteiger partial charge in [-0.2, -0.15) is 4.57 Å². The zero-order valence-electron chi connectivity index (χ0n) is 19.0. The van der Waals surface area contributed by atoms with Gasteiger partial charge >= 0.3 is 0 Å². The Morgan fingerprint density at radius 2 is 1.97 bits per heavy atom. The Kier molecular flexibility index (Phi) is 4.50. The van der Waals surface area contributed by atoms with Gasteiger partial charge in [-0.05, 0) is 41.5 Å². The highest BCUT2D eigenvalue weighted by Gasteiger charge is 2.29. The molecular formula is C27H22N3O4S+. The monoisotopic (exact) mass is 484 g/mol. The van der Waals surface area contributed by atoms with Gasteiger partial charge in [0.25, 0.3) is 0 Å². The number of anilines is 1. The number of aromatic nitrogens is 2. The summed E-state index contributed by atoms with van der Waals surface area (Å²) in [5.74, 6) is 2.19. The first-order valence-electron chi connectivity index (χ1n) is 11.5. The van der Waals surface area contributed by atoms with E-state index in [9.17, 15) is 5.11 Å². The third-order valence-corrected chi connectivity index (χ3v) is 7.74. The van der Waals surface area contributed by atoms with Gasteiger partial charge in [0.1, 0.15) is 0 Å². The fourth-order valence-corrected chi connectivity index (χ4v) is 5.85. The summed E-state index contributed by atoms with van der Waals surface area (Å²) in [5.41, 5.74) is 5.45. The molecule has 0 amide bonds. The number of hydrogen-bond donors (Lipinski definition) is 2. The van der Waals surface area contributed by atoms with Crippen molar-refractivity contribution in [3.8, 4) is 34.3 Å². The molecule has 2 aliphatic rings. The fraction of sp³-hybridized carbons (Fsp3) is 0.185. The summed E-state index contributed by atoms with van der Waals surface area (Å²) < 4.78 is 20.1. The number of aryl methyl sites for hydroxylation is 2. The van der Waals surface area contributed by atoms with Crippen LogP contribution in [0.2, 0.25) is 0 Å². The average molecular weight is 485 g/mol. The molecule has 2 aliphatic heterocycles. The number of methoxy groups -OCH3 is 1. The van der Waals surface area contributed by atoms with Crippen LogP contribution in [0.4, 0.5) is 5.13 Å². The molecule has 0 saturated carbocycles. The van der Waals surface area contributed by atoms with E-state index in [1.165, 1.54) is 5.56 Å². The van der Waals surface area contributed by atoms with Crippen LogP contribution in [0.15, 0.2) is 54.7 Å². The molecule has 8 heteroatoms. The van der Waals surface area contributed by atoms with E-state index in [0.29, 0.717) is 12.3 Å². The second-order valence-electron chi connectivity index (χ2n) is 8.72. The molecule has 5 aromatic rings. The van der Waals surface area contributed by atoms with Crippen molar-refractivity contribution >= 4 is 37.5 Å². The number of hydrogen-bond acceptors (Lipinski definition) is 7. The minimum Gasteiger partial charge on any atom is -0.504 e. The molecule has 0 atom stereocenters. The summed E-state index contributed by atoms with van der Waals surface area (Å²) in [6.07, 6.45) is 2.91. The molecule has 4 heterocycles. The van der Waals surface area contributed by atoms with Crippen LogP contribution < -0.4 is 24.1 Å². The maximum atomic E-state index is 11.0. The summed E-state index contributed by atoms with van der Waals surface area (Å²) in [6.45, 7) is 1.61. The van der Waals surface area contributed by atoms with E-state index in [0.717, 1.165) is 67.4 Å². The highest BCUT2D eigenvalue weighted by Crippen LogP contribution is 2.42. The Morgan fingerprint density at radius 1 is 1.11 bits per heavy atom. The molecular weight excluding hydrogens is 462 g/mol. The molecule has 0 unspecified atom stereocenters. The van der Waals surface area contributed by atoms with Gasteiger partial charge in [-0.1, -0.05) is 23.5 Å². The van der Waals surface area contributed by atoms with E-state index >= 15 is 0 Å². The largest absolute Gasteiger partial charge is 0.504 e. The van der Waals surface area contributed by atoms with Crippen molar-refractivity contribution in [2.75, 3.05) is 19.2 Å². The number of phenolic OH excluding ortho intramolecular Hbond substituents is 1. The standard InChI is InChI=1S/C27H21N3O4S/c1-32-24-9-16(12-28-27-29-20-4-2-3-5-25(20)35-27)17-10-21-18-11-23-22(33-14-34-23)8-15(18)6-7-30(21)13-19(17)26(24)31/h2-5,8-11,13H,6-7,12,14H2,1H3,(H,28,29)/p+1. The zero-order chi connectivity index (χ0) is 23.5. The number of nitrogens with one attached hydrogen (secondary N) is 1. The van der Waals surface area contributed by atoms with Gasteiger partial charge in [0.05, 0.1) is 28.3 Å². The van der Waals surface area contributed by atoms with Gasteiger partial charge < -0.3 is 24.6 Å². The van der Waals surface area contributed by atoms with Gasteiger partial charge in [0, 0.05) is 24.4 Å². The van der Waals surface area contributed by atoms with Crippen LogP contribution in [0.1, 0.15) is 11.1 Å². The van der Waals surface area contributed by atoms with Gasteiger partial charge in [-0.3, -0.25) is 0 Å². The number of thiazole rings is 1. The van der Waals surface area contributed by atoms with Crippen molar-refractivity contribution in [1.82, 2.24) is 4.98 Å². The Bertz CT molecular complexity index is 1610. The van der Waals surface area contributed by atoms with Gasteiger partial charge in [0.15, 0.2) is 40.9 Å². The Labute approximate surface area is 205 Å². The molecule has 0 fully saturated rings. The van der Waals surface area contributed by atoms with Crippen LogP contribution in [0.25, 0.3) is 32.2 Å². The van der Waals surface area contributed by atoms with E-state index in [1.54, 1.807) is 18.4 Å². The maximum Gasteiger partial charge on any atom is 0.231 e. The van der Waals surface area contributed by atoms with Crippen molar-refractivity contribution in [2.24, 2.45) is 0 Å². The van der Waals surface area contributed by atoms with Crippen molar-refractivity contribution in [2.45, 2.75) is 19.5 Å². The summed E-state index contributed by atoms with van der Waals surface area (Å²) >= 11 is 1.63. The zero-order valence-corrected chi connectivity index (χ0v) is 19.8. The fourth-order valence-electron chi connectivity index (χ4n) is 4.99. The molecule has 0 radical (unpaired) electrons. The number of rotatable bonds is 4. The number of pyridine rings is 1. The van der Waals surface area contributed by atoms with Gasteiger partial charge in [0.2, 0.25) is 12.5 Å². The molecule has 0 saturated heterocycles. The average Bonchev–Trinajstić information content (AvgIpc) is 3.52. The molecule has 7 rings (SSSR count). The first-order valence-corrected chi connectivity index (χ1v) is 12.3. The van der Waals surface area contributed by atoms with E-state index in [-0.39, 0.29) is 12.5 Å². The first kappa shape index (κ1) is 20.3. The lowest BCUT2D eigenvalue weighted by Gasteiger charge is -2.18. The lowest BCUT2D eigenvalue weighted by Crippen LogP contribution is -2.40. The van der Waals surface area contributed by atoms with Gasteiger partial charge in [-0.25, -0.2) is 4.98 Å².